The Morgan fingerprint density at radius 3 is 2.50 bits per heavy atom. The number of sulfonamides is 1. The highest BCUT2D eigenvalue weighted by atomic mass is 32.2. The lowest BCUT2D eigenvalue weighted by atomic mass is 10.0. The van der Waals surface area contributed by atoms with E-state index in [1.807, 2.05) is 18.4 Å². The fourth-order valence-electron chi connectivity index (χ4n) is 2.08. The van der Waals surface area contributed by atoms with Crippen LogP contribution in [0.25, 0.3) is 0 Å². The molecule has 0 bridgehead atoms. The SMILES string of the molecule is CCCn1cc(S(=O)(=O)NC(C)C(C)CC)cc1CN. The normalized spacial score (nSPS) is 15.2. The molecule has 5 nitrogen and oxygen atoms in total. The molecule has 1 heterocycles. The minimum Gasteiger partial charge on any atom is -0.349 e. The Morgan fingerprint density at radius 1 is 1.35 bits per heavy atom. The number of aromatic nitrogens is 1. The fraction of sp³-hybridized carbons (Fsp3) is 0.714. The quantitative estimate of drug-likeness (QED) is 0.771. The Morgan fingerprint density at radius 2 is 2.00 bits per heavy atom. The van der Waals surface area contributed by atoms with Gasteiger partial charge in [0.2, 0.25) is 10.0 Å². The van der Waals surface area contributed by atoms with E-state index in [1.165, 1.54) is 0 Å². The van der Waals surface area contributed by atoms with Gasteiger partial charge in [0.25, 0.3) is 0 Å². The Labute approximate surface area is 122 Å². The van der Waals surface area contributed by atoms with Crippen molar-refractivity contribution in [1.29, 1.82) is 0 Å². The van der Waals surface area contributed by atoms with Crippen LogP contribution < -0.4 is 10.5 Å². The fourth-order valence-corrected chi connectivity index (χ4v) is 3.49. The van der Waals surface area contributed by atoms with Crippen molar-refractivity contribution >= 4 is 10.0 Å². The molecule has 0 aromatic carbocycles. The molecular formula is C14H27N3O2S. The van der Waals surface area contributed by atoms with E-state index >= 15 is 0 Å². The van der Waals surface area contributed by atoms with Crippen molar-refractivity contribution in [3.63, 3.8) is 0 Å². The molecule has 0 aliphatic rings. The lowest BCUT2D eigenvalue weighted by Gasteiger charge is -2.19. The van der Waals surface area contributed by atoms with Crippen molar-refractivity contribution in [2.45, 2.75) is 64.6 Å². The summed E-state index contributed by atoms with van der Waals surface area (Å²) in [5, 5.41) is 0. The maximum Gasteiger partial charge on any atom is 0.242 e. The number of hydrogen-bond acceptors (Lipinski definition) is 3. The molecule has 3 N–H and O–H groups in total. The van der Waals surface area contributed by atoms with Gasteiger partial charge < -0.3 is 10.3 Å². The molecule has 0 aliphatic carbocycles. The third-order valence-corrected chi connectivity index (χ3v) is 5.31. The Hall–Kier alpha value is -0.850. The molecule has 2 unspecified atom stereocenters. The molecule has 2 atom stereocenters. The van der Waals surface area contributed by atoms with Crippen molar-refractivity contribution in [3.05, 3.63) is 18.0 Å². The monoisotopic (exact) mass is 301 g/mol. The summed E-state index contributed by atoms with van der Waals surface area (Å²) in [7, 11) is -3.47. The molecule has 1 rings (SSSR count). The van der Waals surface area contributed by atoms with E-state index in [2.05, 4.69) is 18.6 Å². The highest BCUT2D eigenvalue weighted by Gasteiger charge is 2.22. The van der Waals surface area contributed by atoms with Gasteiger partial charge in [0.05, 0.1) is 4.90 Å². The summed E-state index contributed by atoms with van der Waals surface area (Å²) < 4.78 is 29.4. The van der Waals surface area contributed by atoms with E-state index in [0.717, 1.165) is 25.1 Å². The van der Waals surface area contributed by atoms with Crippen molar-refractivity contribution < 1.29 is 8.42 Å². The number of nitrogens with zero attached hydrogens (tertiary/aromatic N) is 1. The van der Waals surface area contributed by atoms with Gasteiger partial charge in [0, 0.05) is 31.0 Å². The number of hydrogen-bond donors (Lipinski definition) is 2. The van der Waals surface area contributed by atoms with Gasteiger partial charge in [-0.2, -0.15) is 0 Å². The molecule has 0 radical (unpaired) electrons. The number of nitrogens with two attached hydrogens (primary N) is 1. The first-order valence-corrected chi connectivity index (χ1v) is 8.75. The summed E-state index contributed by atoms with van der Waals surface area (Å²) in [6, 6.07) is 1.59. The smallest absolute Gasteiger partial charge is 0.242 e. The van der Waals surface area contributed by atoms with Crippen LogP contribution in [0.2, 0.25) is 0 Å². The first kappa shape index (κ1) is 17.2. The molecule has 1 aromatic heterocycles. The van der Waals surface area contributed by atoms with Crippen LogP contribution in [0.5, 0.6) is 0 Å². The third-order valence-electron chi connectivity index (χ3n) is 3.78. The predicted molar refractivity (Wildman–Crippen MR) is 81.9 cm³/mol. The van der Waals surface area contributed by atoms with Crippen molar-refractivity contribution in [3.8, 4) is 0 Å². The largest absolute Gasteiger partial charge is 0.349 e. The van der Waals surface area contributed by atoms with Crippen LogP contribution in [0, 0.1) is 5.92 Å². The lowest BCUT2D eigenvalue weighted by Crippen LogP contribution is -2.36. The van der Waals surface area contributed by atoms with Crippen LogP contribution in [0.3, 0.4) is 0 Å². The Balaban J connectivity index is 2.98. The van der Waals surface area contributed by atoms with Gasteiger partial charge in [-0.15, -0.1) is 0 Å². The van der Waals surface area contributed by atoms with E-state index in [9.17, 15) is 8.42 Å². The second kappa shape index (κ2) is 7.24. The van der Waals surface area contributed by atoms with Crippen LogP contribution in [-0.4, -0.2) is 19.0 Å². The Bertz CT molecular complexity index is 523. The van der Waals surface area contributed by atoms with Gasteiger partial charge in [-0.25, -0.2) is 13.1 Å². The standard InChI is InChI=1S/C14H27N3O2S/c1-5-7-17-10-14(8-13(17)9-15)20(18,19)16-12(4)11(3)6-2/h8,10-12,16H,5-7,9,15H2,1-4H3. The molecule has 6 heteroatoms. The van der Waals surface area contributed by atoms with Gasteiger partial charge in [-0.3, -0.25) is 0 Å². The summed E-state index contributed by atoms with van der Waals surface area (Å²) in [6.07, 6.45) is 3.56. The van der Waals surface area contributed by atoms with Gasteiger partial charge in [0.15, 0.2) is 0 Å². The number of aryl methyl sites for hydroxylation is 1. The first-order valence-electron chi connectivity index (χ1n) is 7.27. The highest BCUT2D eigenvalue weighted by molar-refractivity contribution is 7.89. The highest BCUT2D eigenvalue weighted by Crippen LogP contribution is 2.17. The van der Waals surface area contributed by atoms with Gasteiger partial charge in [-0.05, 0) is 25.3 Å². The van der Waals surface area contributed by atoms with Crippen molar-refractivity contribution in [1.82, 2.24) is 9.29 Å². The second-order valence-electron chi connectivity index (χ2n) is 5.36. The molecular weight excluding hydrogens is 274 g/mol. The molecule has 116 valence electrons. The van der Waals surface area contributed by atoms with Crippen LogP contribution in [0.1, 0.15) is 46.2 Å². The molecule has 0 saturated carbocycles. The van der Waals surface area contributed by atoms with Crippen LogP contribution >= 0.6 is 0 Å². The van der Waals surface area contributed by atoms with E-state index in [-0.39, 0.29) is 6.04 Å². The minimum absolute atomic E-state index is 0.0825. The molecule has 0 aliphatic heterocycles. The first-order chi connectivity index (χ1) is 9.35. The summed E-state index contributed by atoms with van der Waals surface area (Å²) in [6.45, 7) is 9.18. The summed E-state index contributed by atoms with van der Waals surface area (Å²) in [5.74, 6) is 0.302. The molecule has 0 spiro atoms. The third kappa shape index (κ3) is 4.07. The maximum absolute atomic E-state index is 12.4. The molecule has 0 fully saturated rings. The molecule has 0 amide bonds. The van der Waals surface area contributed by atoms with Crippen LogP contribution in [0.15, 0.2) is 17.2 Å². The van der Waals surface area contributed by atoms with Gasteiger partial charge in [-0.1, -0.05) is 27.2 Å². The number of nitrogens with one attached hydrogen (secondary N) is 1. The van der Waals surface area contributed by atoms with Crippen molar-refractivity contribution in [2.75, 3.05) is 0 Å². The Kier molecular flexibility index (Phi) is 6.23. The summed E-state index contributed by atoms with van der Waals surface area (Å²) in [5.41, 5.74) is 6.52. The molecule has 0 saturated heterocycles. The second-order valence-corrected chi connectivity index (χ2v) is 7.07. The average molecular weight is 301 g/mol. The molecule has 1 aromatic rings. The van der Waals surface area contributed by atoms with E-state index < -0.39 is 10.0 Å². The van der Waals surface area contributed by atoms with Gasteiger partial charge >= 0.3 is 0 Å². The van der Waals surface area contributed by atoms with E-state index in [0.29, 0.717) is 17.4 Å². The zero-order valence-electron chi connectivity index (χ0n) is 12.9. The number of rotatable bonds is 8. The maximum atomic E-state index is 12.4. The zero-order chi connectivity index (χ0) is 15.3. The predicted octanol–water partition coefficient (Wildman–Crippen LogP) is 2.07. The van der Waals surface area contributed by atoms with Gasteiger partial charge in [0.1, 0.15) is 0 Å². The summed E-state index contributed by atoms with van der Waals surface area (Å²) in [4.78, 5) is 0.307. The lowest BCUT2D eigenvalue weighted by molar-refractivity contribution is 0.434. The van der Waals surface area contributed by atoms with Crippen molar-refractivity contribution in [2.24, 2.45) is 11.7 Å². The minimum atomic E-state index is -3.47. The topological polar surface area (TPSA) is 77.1 Å². The summed E-state index contributed by atoms with van der Waals surface area (Å²) >= 11 is 0. The average Bonchev–Trinajstić information content (AvgIpc) is 2.81. The van der Waals surface area contributed by atoms with Crippen LogP contribution in [0.4, 0.5) is 0 Å². The van der Waals surface area contributed by atoms with E-state index in [4.69, 9.17) is 5.73 Å². The van der Waals surface area contributed by atoms with Crippen LogP contribution in [-0.2, 0) is 23.1 Å². The van der Waals surface area contributed by atoms with E-state index in [1.54, 1.807) is 12.3 Å². The molecule has 20 heavy (non-hydrogen) atoms. The zero-order valence-corrected chi connectivity index (χ0v) is 13.7.